The fraction of sp³-hybridized carbons (Fsp3) is 0.364. The van der Waals surface area contributed by atoms with Gasteiger partial charge in [-0.1, -0.05) is 5.16 Å². The van der Waals surface area contributed by atoms with Crippen molar-refractivity contribution in [1.82, 2.24) is 9.72 Å². The molecule has 0 unspecified atom stereocenters. The molecule has 88 valence electrons. The molecule has 17 heavy (non-hydrogen) atoms. The molecule has 6 nitrogen and oxygen atoms in total. The maximum absolute atomic E-state index is 12.0. The Labute approximate surface area is 95.4 Å². The van der Waals surface area contributed by atoms with Crippen LogP contribution in [0.2, 0.25) is 0 Å². The van der Waals surface area contributed by atoms with Gasteiger partial charge < -0.3 is 14.2 Å². The maximum atomic E-state index is 12.0. The third-order valence-corrected chi connectivity index (χ3v) is 3.00. The molecule has 0 aliphatic heterocycles. The van der Waals surface area contributed by atoms with Crippen LogP contribution in [-0.2, 0) is 0 Å². The summed E-state index contributed by atoms with van der Waals surface area (Å²) in [6, 6.07) is 0.237. The van der Waals surface area contributed by atoms with Crippen molar-refractivity contribution in [3.05, 3.63) is 27.7 Å². The second-order valence-corrected chi connectivity index (χ2v) is 4.25. The van der Waals surface area contributed by atoms with Gasteiger partial charge in [-0.05, 0) is 19.8 Å². The van der Waals surface area contributed by atoms with Crippen molar-refractivity contribution < 1.29 is 14.4 Å². The van der Waals surface area contributed by atoms with Crippen LogP contribution in [-0.4, -0.2) is 20.8 Å². The summed E-state index contributed by atoms with van der Waals surface area (Å²) < 4.78 is 6.72. The summed E-state index contributed by atoms with van der Waals surface area (Å²) in [5.74, 6) is -0.852. The Kier molecular flexibility index (Phi) is 1.89. The monoisotopic (exact) mass is 234 g/mol. The Morgan fingerprint density at radius 1 is 1.59 bits per heavy atom. The fourth-order valence-electron chi connectivity index (χ4n) is 1.98. The van der Waals surface area contributed by atoms with Crippen LogP contribution in [0.15, 0.2) is 15.5 Å². The van der Waals surface area contributed by atoms with E-state index < -0.39 is 11.4 Å². The van der Waals surface area contributed by atoms with Crippen molar-refractivity contribution in [3.8, 4) is 0 Å². The van der Waals surface area contributed by atoms with Gasteiger partial charge >= 0.3 is 5.97 Å². The molecule has 0 radical (unpaired) electrons. The summed E-state index contributed by atoms with van der Waals surface area (Å²) in [6.45, 7) is 1.61. The molecule has 1 aliphatic carbocycles. The normalized spacial score (nSPS) is 15.4. The molecule has 0 bridgehead atoms. The first-order valence-corrected chi connectivity index (χ1v) is 5.34. The van der Waals surface area contributed by atoms with Crippen molar-refractivity contribution in [3.63, 3.8) is 0 Å². The van der Waals surface area contributed by atoms with E-state index in [2.05, 4.69) is 5.16 Å². The highest BCUT2D eigenvalue weighted by molar-refractivity contribution is 5.92. The number of pyridine rings is 1. The Morgan fingerprint density at radius 3 is 2.88 bits per heavy atom. The van der Waals surface area contributed by atoms with Crippen LogP contribution in [0, 0.1) is 6.92 Å². The lowest BCUT2D eigenvalue weighted by Gasteiger charge is -2.05. The molecular weight excluding hydrogens is 224 g/mol. The van der Waals surface area contributed by atoms with E-state index in [0.717, 1.165) is 12.8 Å². The number of carboxylic acid groups (broad SMARTS) is 1. The molecule has 6 heteroatoms. The Hall–Kier alpha value is -2.11. The average Bonchev–Trinajstić information content (AvgIpc) is 3.03. The van der Waals surface area contributed by atoms with Gasteiger partial charge in [0.1, 0.15) is 16.7 Å². The molecule has 1 aliphatic rings. The first kappa shape index (κ1) is 10.1. The van der Waals surface area contributed by atoms with E-state index in [1.165, 1.54) is 6.20 Å². The largest absolute Gasteiger partial charge is 0.477 e. The average molecular weight is 234 g/mol. The van der Waals surface area contributed by atoms with Crippen molar-refractivity contribution in [1.29, 1.82) is 0 Å². The molecule has 0 spiro atoms. The lowest BCUT2D eigenvalue weighted by molar-refractivity contribution is 0.0695. The molecule has 2 aromatic heterocycles. The highest BCUT2D eigenvalue weighted by Gasteiger charge is 2.28. The van der Waals surface area contributed by atoms with Gasteiger partial charge in [0, 0.05) is 12.2 Å². The smallest absolute Gasteiger partial charge is 0.341 e. The van der Waals surface area contributed by atoms with Crippen LogP contribution in [0.3, 0.4) is 0 Å². The van der Waals surface area contributed by atoms with Gasteiger partial charge in [0.05, 0.1) is 0 Å². The topological polar surface area (TPSA) is 85.3 Å². The number of fused-ring (bicyclic) bond motifs is 1. The molecule has 2 aromatic rings. The lowest BCUT2D eigenvalue weighted by atomic mass is 10.2. The van der Waals surface area contributed by atoms with E-state index in [4.69, 9.17) is 9.63 Å². The minimum Gasteiger partial charge on any atom is -0.477 e. The number of rotatable bonds is 2. The van der Waals surface area contributed by atoms with Gasteiger partial charge in [0.15, 0.2) is 5.65 Å². The zero-order valence-corrected chi connectivity index (χ0v) is 9.14. The minimum absolute atomic E-state index is 0.226. The van der Waals surface area contributed by atoms with E-state index in [1.807, 2.05) is 0 Å². The van der Waals surface area contributed by atoms with Crippen molar-refractivity contribution in [2.45, 2.75) is 25.8 Å². The molecule has 1 N–H and O–H groups in total. The van der Waals surface area contributed by atoms with E-state index in [-0.39, 0.29) is 17.0 Å². The van der Waals surface area contributed by atoms with Crippen LogP contribution in [0.1, 0.15) is 35.0 Å². The molecule has 1 saturated carbocycles. The first-order valence-electron chi connectivity index (χ1n) is 5.34. The number of carboxylic acids is 1. The van der Waals surface area contributed by atoms with Crippen molar-refractivity contribution in [2.24, 2.45) is 0 Å². The second-order valence-electron chi connectivity index (χ2n) is 4.25. The van der Waals surface area contributed by atoms with E-state index >= 15 is 0 Å². The number of hydrogen-bond donors (Lipinski definition) is 1. The molecule has 2 heterocycles. The van der Waals surface area contributed by atoms with Crippen LogP contribution in [0.5, 0.6) is 0 Å². The predicted molar refractivity (Wildman–Crippen MR) is 58.2 cm³/mol. The molecule has 0 aromatic carbocycles. The summed E-state index contributed by atoms with van der Waals surface area (Å²) in [4.78, 5) is 23.0. The van der Waals surface area contributed by atoms with Crippen LogP contribution >= 0.6 is 0 Å². The van der Waals surface area contributed by atoms with Crippen molar-refractivity contribution >= 4 is 17.0 Å². The molecule has 0 atom stereocenters. The molecule has 3 rings (SSSR count). The van der Waals surface area contributed by atoms with Gasteiger partial charge in [-0.15, -0.1) is 0 Å². The number of carbonyl (C=O) groups is 1. The minimum atomic E-state index is -1.22. The number of nitrogens with zero attached hydrogens (tertiary/aromatic N) is 2. The summed E-state index contributed by atoms with van der Waals surface area (Å²) in [7, 11) is 0. The fourth-order valence-corrected chi connectivity index (χ4v) is 1.98. The standard InChI is InChI=1S/C11H10N2O4/c1-5-8-9(14)7(11(15)16)4-13(6-2-3-6)10(8)12-17-5/h4,6H,2-3H2,1H3,(H,15,16). The van der Waals surface area contributed by atoms with Gasteiger partial charge in [-0.2, -0.15) is 0 Å². The Morgan fingerprint density at radius 2 is 2.29 bits per heavy atom. The SMILES string of the molecule is Cc1onc2c1c(=O)c(C(=O)O)cn2C1CC1. The third-order valence-electron chi connectivity index (χ3n) is 3.00. The highest BCUT2D eigenvalue weighted by atomic mass is 16.5. The third kappa shape index (κ3) is 1.37. The second kappa shape index (κ2) is 3.19. The lowest BCUT2D eigenvalue weighted by Crippen LogP contribution is -2.18. The quantitative estimate of drug-likeness (QED) is 0.847. The van der Waals surface area contributed by atoms with E-state index in [9.17, 15) is 9.59 Å². The van der Waals surface area contributed by atoms with Crippen LogP contribution in [0.4, 0.5) is 0 Å². The number of aromatic carboxylic acids is 1. The molecule has 1 fully saturated rings. The molecular formula is C11H10N2O4. The van der Waals surface area contributed by atoms with Gasteiger partial charge in [0.25, 0.3) is 0 Å². The number of hydrogen-bond acceptors (Lipinski definition) is 4. The zero-order valence-electron chi connectivity index (χ0n) is 9.14. The molecule has 0 amide bonds. The van der Waals surface area contributed by atoms with Crippen molar-refractivity contribution in [2.75, 3.05) is 0 Å². The predicted octanol–water partition coefficient (Wildman–Crippen LogP) is 1.33. The Balaban J connectivity index is 2.44. The Bertz CT molecular complexity index is 679. The van der Waals surface area contributed by atoms with E-state index in [0.29, 0.717) is 11.4 Å². The van der Waals surface area contributed by atoms with E-state index in [1.54, 1.807) is 11.5 Å². The number of aromatic nitrogens is 2. The molecule has 0 saturated heterocycles. The maximum Gasteiger partial charge on any atom is 0.341 e. The van der Waals surface area contributed by atoms with Crippen LogP contribution < -0.4 is 5.43 Å². The zero-order chi connectivity index (χ0) is 12.2. The summed E-state index contributed by atoms with van der Waals surface area (Å²) in [5.41, 5.74) is -0.307. The van der Waals surface area contributed by atoms with Gasteiger partial charge in [-0.3, -0.25) is 4.79 Å². The number of aryl methyl sites for hydroxylation is 1. The van der Waals surface area contributed by atoms with Gasteiger partial charge in [0.2, 0.25) is 5.43 Å². The first-order chi connectivity index (χ1) is 8.09. The van der Waals surface area contributed by atoms with Gasteiger partial charge in [-0.25, -0.2) is 4.79 Å². The summed E-state index contributed by atoms with van der Waals surface area (Å²) >= 11 is 0. The summed E-state index contributed by atoms with van der Waals surface area (Å²) in [5, 5.41) is 13.1. The summed E-state index contributed by atoms with van der Waals surface area (Å²) in [6.07, 6.45) is 3.32. The highest BCUT2D eigenvalue weighted by Crippen LogP contribution is 2.36. The van der Waals surface area contributed by atoms with Crippen LogP contribution in [0.25, 0.3) is 11.0 Å².